The summed E-state index contributed by atoms with van der Waals surface area (Å²) in [5.41, 5.74) is 1.63. The third-order valence-corrected chi connectivity index (χ3v) is 2.88. The highest BCUT2D eigenvalue weighted by Gasteiger charge is 2.05. The standard InChI is InChI=1S/C11H13ClINO/c1-8-5-9(7-10(12)6-8)11(15)14-4-2-3-13/h5-7H,2-4H2,1H3,(H,14,15). The van der Waals surface area contributed by atoms with Gasteiger partial charge in [0.1, 0.15) is 0 Å². The summed E-state index contributed by atoms with van der Waals surface area (Å²) in [5, 5.41) is 3.46. The second kappa shape index (κ2) is 6.33. The Morgan fingerprint density at radius 1 is 1.47 bits per heavy atom. The quantitative estimate of drug-likeness (QED) is 0.510. The molecular weight excluding hydrogens is 324 g/mol. The lowest BCUT2D eigenvalue weighted by molar-refractivity contribution is 0.0954. The van der Waals surface area contributed by atoms with Crippen molar-refractivity contribution in [2.24, 2.45) is 0 Å². The zero-order chi connectivity index (χ0) is 11.3. The number of hydrogen-bond donors (Lipinski definition) is 1. The molecule has 82 valence electrons. The molecule has 1 amide bonds. The summed E-state index contributed by atoms with van der Waals surface area (Å²) in [4.78, 5) is 11.7. The second-order valence-electron chi connectivity index (χ2n) is 3.32. The van der Waals surface area contributed by atoms with E-state index >= 15 is 0 Å². The first-order valence-electron chi connectivity index (χ1n) is 4.75. The van der Waals surface area contributed by atoms with Crippen molar-refractivity contribution in [1.29, 1.82) is 0 Å². The van der Waals surface area contributed by atoms with Gasteiger partial charge in [-0.25, -0.2) is 0 Å². The van der Waals surface area contributed by atoms with E-state index in [1.807, 2.05) is 19.1 Å². The van der Waals surface area contributed by atoms with Crippen molar-refractivity contribution in [3.8, 4) is 0 Å². The first-order valence-corrected chi connectivity index (χ1v) is 6.65. The Morgan fingerprint density at radius 3 is 2.80 bits per heavy atom. The molecule has 0 aromatic heterocycles. The summed E-state index contributed by atoms with van der Waals surface area (Å²) in [6.07, 6.45) is 0.992. The molecule has 0 aliphatic carbocycles. The van der Waals surface area contributed by atoms with Crippen LogP contribution in [0.4, 0.5) is 0 Å². The third-order valence-electron chi connectivity index (χ3n) is 1.90. The van der Waals surface area contributed by atoms with Gasteiger partial charge in [-0.2, -0.15) is 0 Å². The van der Waals surface area contributed by atoms with Gasteiger partial charge in [-0.15, -0.1) is 0 Å². The Bertz CT molecular complexity index is 334. The van der Waals surface area contributed by atoms with Gasteiger partial charge in [0.2, 0.25) is 0 Å². The van der Waals surface area contributed by atoms with Crippen molar-refractivity contribution >= 4 is 40.1 Å². The number of carbonyl (C=O) groups is 1. The second-order valence-corrected chi connectivity index (χ2v) is 4.83. The summed E-state index contributed by atoms with van der Waals surface area (Å²) >= 11 is 8.16. The number of benzene rings is 1. The van der Waals surface area contributed by atoms with E-state index in [0.717, 1.165) is 16.4 Å². The SMILES string of the molecule is Cc1cc(Cl)cc(C(=O)NCCCI)c1. The van der Waals surface area contributed by atoms with Gasteiger partial charge in [-0.3, -0.25) is 4.79 Å². The van der Waals surface area contributed by atoms with Crippen molar-refractivity contribution in [3.05, 3.63) is 34.3 Å². The van der Waals surface area contributed by atoms with Crippen LogP contribution in [0.5, 0.6) is 0 Å². The number of hydrogen-bond acceptors (Lipinski definition) is 1. The fraction of sp³-hybridized carbons (Fsp3) is 0.364. The van der Waals surface area contributed by atoms with E-state index in [1.54, 1.807) is 6.07 Å². The monoisotopic (exact) mass is 337 g/mol. The maximum Gasteiger partial charge on any atom is 0.251 e. The number of carbonyl (C=O) groups excluding carboxylic acids is 1. The number of aryl methyl sites for hydroxylation is 1. The number of rotatable bonds is 4. The van der Waals surface area contributed by atoms with Crippen molar-refractivity contribution in [3.63, 3.8) is 0 Å². The van der Waals surface area contributed by atoms with Gasteiger partial charge in [0, 0.05) is 21.6 Å². The number of alkyl halides is 1. The Hall–Kier alpha value is -0.290. The maximum absolute atomic E-state index is 11.7. The first kappa shape index (κ1) is 12.8. The predicted octanol–water partition coefficient (Wildman–Crippen LogP) is 3.20. The van der Waals surface area contributed by atoms with E-state index in [2.05, 4.69) is 27.9 Å². The summed E-state index contributed by atoms with van der Waals surface area (Å²) in [5.74, 6) is -0.0505. The van der Waals surface area contributed by atoms with Crippen LogP contribution in [-0.2, 0) is 0 Å². The van der Waals surface area contributed by atoms with Gasteiger partial charge in [0.15, 0.2) is 0 Å². The lowest BCUT2D eigenvalue weighted by Crippen LogP contribution is -2.24. The average Bonchev–Trinajstić information content (AvgIpc) is 2.16. The van der Waals surface area contributed by atoms with Crippen LogP contribution in [0.3, 0.4) is 0 Å². The molecule has 1 N–H and O–H groups in total. The molecule has 0 atom stereocenters. The molecular formula is C11H13ClINO. The van der Waals surface area contributed by atoms with E-state index in [4.69, 9.17) is 11.6 Å². The predicted molar refractivity (Wildman–Crippen MR) is 72.0 cm³/mol. The molecule has 0 aliphatic rings. The summed E-state index contributed by atoms with van der Waals surface area (Å²) in [6.45, 7) is 2.64. The van der Waals surface area contributed by atoms with E-state index in [0.29, 0.717) is 17.1 Å². The lowest BCUT2D eigenvalue weighted by Gasteiger charge is -2.05. The number of nitrogens with one attached hydrogen (secondary N) is 1. The zero-order valence-corrected chi connectivity index (χ0v) is 11.4. The number of halogens is 2. The smallest absolute Gasteiger partial charge is 0.251 e. The molecule has 4 heteroatoms. The normalized spacial score (nSPS) is 10.1. The van der Waals surface area contributed by atoms with Crippen LogP contribution in [0.25, 0.3) is 0 Å². The third kappa shape index (κ3) is 4.38. The zero-order valence-electron chi connectivity index (χ0n) is 8.52. The van der Waals surface area contributed by atoms with Gasteiger partial charge in [-0.05, 0) is 37.1 Å². The largest absolute Gasteiger partial charge is 0.352 e. The van der Waals surface area contributed by atoms with Crippen LogP contribution in [0.15, 0.2) is 18.2 Å². The van der Waals surface area contributed by atoms with E-state index in [1.165, 1.54) is 0 Å². The molecule has 0 saturated heterocycles. The Balaban J connectivity index is 2.65. The van der Waals surface area contributed by atoms with Gasteiger partial charge < -0.3 is 5.32 Å². The van der Waals surface area contributed by atoms with Gasteiger partial charge in [0.05, 0.1) is 0 Å². The molecule has 0 fully saturated rings. The van der Waals surface area contributed by atoms with Crippen LogP contribution in [0.2, 0.25) is 5.02 Å². The first-order chi connectivity index (χ1) is 7.13. The maximum atomic E-state index is 11.7. The van der Waals surface area contributed by atoms with Crippen molar-refractivity contribution in [2.45, 2.75) is 13.3 Å². The molecule has 1 aromatic carbocycles. The minimum Gasteiger partial charge on any atom is -0.352 e. The summed E-state index contributed by atoms with van der Waals surface area (Å²) < 4.78 is 1.05. The molecule has 0 saturated carbocycles. The molecule has 1 rings (SSSR count). The topological polar surface area (TPSA) is 29.1 Å². The summed E-state index contributed by atoms with van der Waals surface area (Å²) in [6, 6.07) is 5.36. The molecule has 0 spiro atoms. The van der Waals surface area contributed by atoms with Crippen LogP contribution in [0.1, 0.15) is 22.3 Å². The average molecular weight is 338 g/mol. The minimum absolute atomic E-state index is 0.0505. The fourth-order valence-corrected chi connectivity index (χ4v) is 1.91. The van der Waals surface area contributed by atoms with Crippen LogP contribution in [0, 0.1) is 6.92 Å². The van der Waals surface area contributed by atoms with Gasteiger partial charge in [0.25, 0.3) is 5.91 Å². The molecule has 2 nitrogen and oxygen atoms in total. The summed E-state index contributed by atoms with van der Waals surface area (Å²) in [7, 11) is 0. The molecule has 0 bridgehead atoms. The Kier molecular flexibility index (Phi) is 5.39. The van der Waals surface area contributed by atoms with E-state index in [-0.39, 0.29) is 5.91 Å². The molecule has 0 radical (unpaired) electrons. The minimum atomic E-state index is -0.0505. The highest BCUT2D eigenvalue weighted by molar-refractivity contribution is 14.1. The highest BCUT2D eigenvalue weighted by atomic mass is 127. The Labute approximate surface area is 109 Å². The molecule has 0 heterocycles. The fourth-order valence-electron chi connectivity index (χ4n) is 1.24. The molecule has 0 aliphatic heterocycles. The van der Waals surface area contributed by atoms with Gasteiger partial charge in [-0.1, -0.05) is 34.2 Å². The molecule has 0 unspecified atom stereocenters. The van der Waals surface area contributed by atoms with E-state index in [9.17, 15) is 4.79 Å². The van der Waals surface area contributed by atoms with Crippen molar-refractivity contribution < 1.29 is 4.79 Å². The number of amides is 1. The molecule has 1 aromatic rings. The van der Waals surface area contributed by atoms with Crippen LogP contribution < -0.4 is 5.32 Å². The lowest BCUT2D eigenvalue weighted by atomic mass is 10.1. The Morgan fingerprint density at radius 2 is 2.20 bits per heavy atom. The van der Waals surface area contributed by atoms with E-state index < -0.39 is 0 Å². The van der Waals surface area contributed by atoms with Crippen LogP contribution >= 0.6 is 34.2 Å². The van der Waals surface area contributed by atoms with Crippen molar-refractivity contribution in [1.82, 2.24) is 5.32 Å². The van der Waals surface area contributed by atoms with Gasteiger partial charge >= 0.3 is 0 Å². The highest BCUT2D eigenvalue weighted by Crippen LogP contribution is 2.14. The van der Waals surface area contributed by atoms with Crippen molar-refractivity contribution in [2.75, 3.05) is 11.0 Å². The van der Waals surface area contributed by atoms with Crippen LogP contribution in [-0.4, -0.2) is 16.9 Å². The molecule has 15 heavy (non-hydrogen) atoms.